The van der Waals surface area contributed by atoms with Gasteiger partial charge in [0.15, 0.2) is 6.61 Å². The van der Waals surface area contributed by atoms with Crippen LogP contribution in [-0.4, -0.2) is 46.6 Å². The van der Waals surface area contributed by atoms with E-state index in [4.69, 9.17) is 9.84 Å². The first kappa shape index (κ1) is 12.3. The molecule has 0 aliphatic heterocycles. The lowest BCUT2D eigenvalue weighted by Gasteiger charge is -2.16. The summed E-state index contributed by atoms with van der Waals surface area (Å²) in [4.78, 5) is 27.8. The van der Waals surface area contributed by atoms with Gasteiger partial charge in [0.2, 0.25) is 0 Å². The van der Waals surface area contributed by atoms with Gasteiger partial charge in [0.25, 0.3) is 5.91 Å². The number of ether oxygens (including phenoxy) is 1. The zero-order chi connectivity index (χ0) is 13.1. The van der Waals surface area contributed by atoms with E-state index in [1.807, 2.05) is 0 Å². The number of carbonyl (C=O) groups excluding carboxylic acids is 1. The molecule has 0 radical (unpaired) electrons. The van der Waals surface area contributed by atoms with Crippen molar-refractivity contribution in [2.24, 2.45) is 0 Å². The lowest BCUT2D eigenvalue weighted by atomic mass is 10.3. The molecule has 0 unspecified atom stereocenters. The van der Waals surface area contributed by atoms with E-state index in [9.17, 15) is 9.59 Å². The van der Waals surface area contributed by atoms with Crippen molar-refractivity contribution in [2.75, 3.05) is 13.7 Å². The van der Waals surface area contributed by atoms with Crippen LogP contribution in [0.25, 0.3) is 0 Å². The molecule has 1 aliphatic rings. The van der Waals surface area contributed by atoms with Crippen molar-refractivity contribution in [3.63, 3.8) is 0 Å². The van der Waals surface area contributed by atoms with Gasteiger partial charge in [-0.3, -0.25) is 9.78 Å². The van der Waals surface area contributed by atoms with Crippen LogP contribution in [0.5, 0.6) is 5.75 Å². The molecule has 0 bridgehead atoms. The Hall–Kier alpha value is -2.11. The minimum absolute atomic E-state index is 0.0375. The summed E-state index contributed by atoms with van der Waals surface area (Å²) >= 11 is 0. The van der Waals surface area contributed by atoms with Crippen LogP contribution < -0.4 is 4.74 Å². The Morgan fingerprint density at radius 1 is 1.50 bits per heavy atom. The zero-order valence-electron chi connectivity index (χ0n) is 10.00. The molecule has 1 aliphatic carbocycles. The van der Waals surface area contributed by atoms with Gasteiger partial charge in [-0.05, 0) is 18.9 Å². The normalized spacial score (nSPS) is 14.1. The molecule has 1 saturated carbocycles. The second kappa shape index (κ2) is 5.03. The number of carboxylic acids is 1. The topological polar surface area (TPSA) is 79.7 Å². The third-order valence-corrected chi connectivity index (χ3v) is 2.81. The van der Waals surface area contributed by atoms with E-state index in [0.717, 1.165) is 12.8 Å². The maximum absolute atomic E-state index is 11.7. The molecule has 1 aromatic heterocycles. The highest BCUT2D eigenvalue weighted by Crippen LogP contribution is 2.25. The van der Waals surface area contributed by atoms with E-state index < -0.39 is 5.97 Å². The van der Waals surface area contributed by atoms with Crippen LogP contribution in [0.15, 0.2) is 18.5 Å². The quantitative estimate of drug-likeness (QED) is 0.835. The van der Waals surface area contributed by atoms with Crippen LogP contribution in [0, 0.1) is 0 Å². The molecule has 6 nitrogen and oxygen atoms in total. The summed E-state index contributed by atoms with van der Waals surface area (Å²) in [6.07, 6.45) is 4.70. The monoisotopic (exact) mass is 250 g/mol. The third kappa shape index (κ3) is 2.97. The lowest BCUT2D eigenvalue weighted by Crippen LogP contribution is -2.33. The predicted octanol–water partition coefficient (Wildman–Crippen LogP) is 0.779. The molecule has 0 atom stereocenters. The minimum atomic E-state index is -1.07. The smallest absolute Gasteiger partial charge is 0.337 e. The highest BCUT2D eigenvalue weighted by Gasteiger charge is 2.29. The van der Waals surface area contributed by atoms with Crippen LogP contribution in [0.4, 0.5) is 0 Å². The summed E-state index contributed by atoms with van der Waals surface area (Å²) in [5.41, 5.74) is 0.0375. The Morgan fingerprint density at radius 2 is 2.22 bits per heavy atom. The van der Waals surface area contributed by atoms with E-state index in [1.54, 1.807) is 11.9 Å². The van der Waals surface area contributed by atoms with Crippen molar-refractivity contribution in [1.82, 2.24) is 9.88 Å². The molecule has 1 heterocycles. The molecule has 2 rings (SSSR count). The Labute approximate surface area is 104 Å². The first-order chi connectivity index (χ1) is 8.58. The molecule has 1 fully saturated rings. The Bertz CT molecular complexity index is 471. The summed E-state index contributed by atoms with van der Waals surface area (Å²) in [5.74, 6) is -0.903. The van der Waals surface area contributed by atoms with Crippen LogP contribution in [0.3, 0.4) is 0 Å². The number of likely N-dealkylation sites (N-methyl/N-ethyl adjacent to an activating group) is 1. The largest absolute Gasteiger partial charge is 0.482 e. The number of amides is 1. The van der Waals surface area contributed by atoms with Gasteiger partial charge in [0, 0.05) is 19.3 Å². The maximum atomic E-state index is 11.7. The molecular formula is C12H14N2O4. The van der Waals surface area contributed by atoms with Crippen molar-refractivity contribution in [1.29, 1.82) is 0 Å². The van der Waals surface area contributed by atoms with Crippen molar-refractivity contribution in [2.45, 2.75) is 18.9 Å². The second-order valence-electron chi connectivity index (χ2n) is 4.24. The van der Waals surface area contributed by atoms with Crippen molar-refractivity contribution >= 4 is 11.9 Å². The molecular weight excluding hydrogens is 236 g/mol. The maximum Gasteiger partial charge on any atom is 0.337 e. The van der Waals surface area contributed by atoms with Gasteiger partial charge in [-0.2, -0.15) is 0 Å². The van der Waals surface area contributed by atoms with Crippen molar-refractivity contribution < 1.29 is 19.4 Å². The number of nitrogens with zero attached hydrogens (tertiary/aromatic N) is 2. The van der Waals surface area contributed by atoms with Gasteiger partial charge in [-0.15, -0.1) is 0 Å². The number of carbonyl (C=O) groups is 2. The number of rotatable bonds is 5. The van der Waals surface area contributed by atoms with E-state index >= 15 is 0 Å². The number of hydrogen-bond donors (Lipinski definition) is 1. The number of aromatic carboxylic acids is 1. The standard InChI is InChI=1S/C12H14N2O4/c1-14(9-2-3-9)11(15)7-18-10-4-8(12(16)17)5-13-6-10/h4-6,9H,2-3,7H2,1H3,(H,16,17). The van der Waals surface area contributed by atoms with Gasteiger partial charge in [0.1, 0.15) is 5.75 Å². The number of hydrogen-bond acceptors (Lipinski definition) is 4. The van der Waals surface area contributed by atoms with Crippen molar-refractivity contribution in [3.05, 3.63) is 24.0 Å². The predicted molar refractivity (Wildman–Crippen MR) is 62.5 cm³/mol. The average molecular weight is 250 g/mol. The minimum Gasteiger partial charge on any atom is -0.482 e. The molecule has 0 saturated heterocycles. The Kier molecular flexibility index (Phi) is 3.45. The highest BCUT2D eigenvalue weighted by atomic mass is 16.5. The van der Waals surface area contributed by atoms with Gasteiger partial charge in [-0.1, -0.05) is 0 Å². The highest BCUT2D eigenvalue weighted by molar-refractivity contribution is 5.87. The van der Waals surface area contributed by atoms with Crippen LogP contribution in [-0.2, 0) is 4.79 Å². The Morgan fingerprint density at radius 3 is 2.83 bits per heavy atom. The van der Waals surface area contributed by atoms with E-state index in [0.29, 0.717) is 6.04 Å². The fourth-order valence-electron chi connectivity index (χ4n) is 1.53. The second-order valence-corrected chi connectivity index (χ2v) is 4.24. The van der Waals surface area contributed by atoms with E-state index in [-0.39, 0.29) is 23.8 Å². The van der Waals surface area contributed by atoms with Gasteiger partial charge < -0.3 is 14.7 Å². The SMILES string of the molecule is CN(C(=O)COc1cncc(C(=O)O)c1)C1CC1. The van der Waals surface area contributed by atoms with Gasteiger partial charge in [0.05, 0.1) is 11.8 Å². The molecule has 18 heavy (non-hydrogen) atoms. The molecule has 1 N–H and O–H groups in total. The molecule has 1 aromatic rings. The summed E-state index contributed by atoms with van der Waals surface area (Å²) in [6, 6.07) is 1.68. The molecule has 96 valence electrons. The van der Waals surface area contributed by atoms with Crippen LogP contribution in [0.2, 0.25) is 0 Å². The Balaban J connectivity index is 1.91. The number of carboxylic acid groups (broad SMARTS) is 1. The van der Waals surface area contributed by atoms with Crippen molar-refractivity contribution in [3.8, 4) is 5.75 Å². The number of pyridine rings is 1. The average Bonchev–Trinajstić information content (AvgIpc) is 3.19. The molecule has 0 spiro atoms. The van der Waals surface area contributed by atoms with Gasteiger partial charge in [-0.25, -0.2) is 4.79 Å². The fourth-order valence-corrected chi connectivity index (χ4v) is 1.53. The summed E-state index contributed by atoms with van der Waals surface area (Å²) < 4.78 is 5.24. The first-order valence-electron chi connectivity index (χ1n) is 5.64. The third-order valence-electron chi connectivity index (χ3n) is 2.81. The molecule has 6 heteroatoms. The molecule has 1 amide bonds. The first-order valence-corrected chi connectivity index (χ1v) is 5.64. The summed E-state index contributed by atoms with van der Waals surface area (Å²) in [5, 5.41) is 8.79. The zero-order valence-corrected chi connectivity index (χ0v) is 10.00. The van der Waals surface area contributed by atoms with E-state index in [1.165, 1.54) is 18.5 Å². The van der Waals surface area contributed by atoms with Crippen LogP contribution in [0.1, 0.15) is 23.2 Å². The van der Waals surface area contributed by atoms with Gasteiger partial charge >= 0.3 is 5.97 Å². The lowest BCUT2D eigenvalue weighted by molar-refractivity contribution is -0.132. The van der Waals surface area contributed by atoms with E-state index in [2.05, 4.69) is 4.98 Å². The number of aromatic nitrogens is 1. The molecule has 0 aromatic carbocycles. The summed E-state index contributed by atoms with van der Waals surface area (Å²) in [7, 11) is 1.75. The van der Waals surface area contributed by atoms with Crippen LogP contribution >= 0.6 is 0 Å². The summed E-state index contributed by atoms with van der Waals surface area (Å²) in [6.45, 7) is -0.0995. The fraction of sp³-hybridized carbons (Fsp3) is 0.417.